The van der Waals surface area contributed by atoms with Gasteiger partial charge in [0.1, 0.15) is 11.4 Å². The number of hydrogen-bond acceptors (Lipinski definition) is 2. The van der Waals surface area contributed by atoms with Crippen LogP contribution in [-0.4, -0.2) is 22.1 Å². The number of rotatable bonds is 3. The van der Waals surface area contributed by atoms with Crippen LogP contribution in [0, 0.1) is 13.8 Å². The number of para-hydroxylation sites is 2. The van der Waals surface area contributed by atoms with E-state index >= 15 is 0 Å². The van der Waals surface area contributed by atoms with Crippen molar-refractivity contribution in [2.45, 2.75) is 26.4 Å². The van der Waals surface area contributed by atoms with Crippen molar-refractivity contribution >= 4 is 21.9 Å². The molecule has 4 rings (SSSR count). The van der Waals surface area contributed by atoms with Crippen molar-refractivity contribution < 1.29 is 4.74 Å². The van der Waals surface area contributed by atoms with E-state index in [0.29, 0.717) is 0 Å². The van der Waals surface area contributed by atoms with E-state index in [9.17, 15) is 0 Å². The van der Waals surface area contributed by atoms with Crippen LogP contribution >= 0.6 is 0 Å². The molecule has 2 aromatic heterocycles. The van der Waals surface area contributed by atoms with Crippen molar-refractivity contribution in [3.8, 4) is 0 Å². The lowest BCUT2D eigenvalue weighted by atomic mass is 9.87. The van der Waals surface area contributed by atoms with Gasteiger partial charge in [-0.3, -0.25) is 0 Å². The second-order valence-electron chi connectivity index (χ2n) is 6.49. The van der Waals surface area contributed by atoms with Crippen LogP contribution in [0.1, 0.15) is 29.4 Å². The maximum Gasteiger partial charge on any atom is 0.148 e. The quantitative estimate of drug-likeness (QED) is 0.581. The lowest BCUT2D eigenvalue weighted by Crippen LogP contribution is -2.29. The standard InChI is InChI=1S/C20H21N3O/c1-12-11-13(2)18-14(9-10-21-18)17(12)20(3,24-4)19-22-15-7-5-6-8-16(15)23-19/h5-11,21H,1-4H3,(H,22,23). The minimum atomic E-state index is -0.656. The van der Waals surface area contributed by atoms with E-state index in [0.717, 1.165) is 27.9 Å². The van der Waals surface area contributed by atoms with Gasteiger partial charge in [0.05, 0.1) is 11.0 Å². The zero-order valence-corrected chi connectivity index (χ0v) is 14.4. The van der Waals surface area contributed by atoms with Crippen LogP contribution in [0.5, 0.6) is 0 Å². The molecule has 4 nitrogen and oxygen atoms in total. The monoisotopic (exact) mass is 319 g/mol. The molecule has 122 valence electrons. The number of hydrogen-bond donors (Lipinski definition) is 2. The Balaban J connectivity index is 2.03. The molecular weight excluding hydrogens is 298 g/mol. The predicted molar refractivity (Wildman–Crippen MR) is 97.3 cm³/mol. The number of H-pyrrole nitrogens is 2. The molecule has 2 N–H and O–H groups in total. The fourth-order valence-corrected chi connectivity index (χ4v) is 3.71. The molecule has 0 amide bonds. The minimum Gasteiger partial charge on any atom is -0.366 e. The topological polar surface area (TPSA) is 53.7 Å². The Morgan fingerprint density at radius 3 is 2.62 bits per heavy atom. The Labute approximate surface area is 140 Å². The number of ether oxygens (including phenoxy) is 1. The smallest absolute Gasteiger partial charge is 0.148 e. The first-order valence-corrected chi connectivity index (χ1v) is 8.12. The number of aryl methyl sites for hydroxylation is 2. The van der Waals surface area contributed by atoms with Crippen molar-refractivity contribution in [1.29, 1.82) is 0 Å². The molecule has 0 bridgehead atoms. The average molecular weight is 319 g/mol. The number of imidazole rings is 1. The molecule has 2 heterocycles. The predicted octanol–water partition coefficient (Wildman–Crippen LogP) is 4.57. The van der Waals surface area contributed by atoms with Crippen LogP contribution < -0.4 is 0 Å². The van der Waals surface area contributed by atoms with E-state index in [2.05, 4.69) is 42.9 Å². The molecule has 0 spiro atoms. The third kappa shape index (κ3) is 2.00. The van der Waals surface area contributed by atoms with Crippen molar-refractivity contribution in [2.24, 2.45) is 0 Å². The highest BCUT2D eigenvalue weighted by Crippen LogP contribution is 2.39. The molecule has 0 fully saturated rings. The maximum absolute atomic E-state index is 6.03. The largest absolute Gasteiger partial charge is 0.366 e. The molecule has 4 heteroatoms. The molecule has 1 atom stereocenters. The lowest BCUT2D eigenvalue weighted by molar-refractivity contribution is 0.0331. The van der Waals surface area contributed by atoms with Crippen LogP contribution in [0.2, 0.25) is 0 Å². The first-order chi connectivity index (χ1) is 11.5. The summed E-state index contributed by atoms with van der Waals surface area (Å²) < 4.78 is 6.03. The van der Waals surface area contributed by atoms with Crippen LogP contribution in [0.15, 0.2) is 42.6 Å². The Kier molecular flexibility index (Phi) is 3.25. The number of fused-ring (bicyclic) bond motifs is 2. The Morgan fingerprint density at radius 1 is 1.08 bits per heavy atom. The van der Waals surface area contributed by atoms with Gasteiger partial charge in [0.25, 0.3) is 0 Å². The highest BCUT2D eigenvalue weighted by atomic mass is 16.5. The van der Waals surface area contributed by atoms with Gasteiger partial charge in [0, 0.05) is 29.8 Å². The van der Waals surface area contributed by atoms with Gasteiger partial charge in [-0.25, -0.2) is 4.98 Å². The van der Waals surface area contributed by atoms with E-state index in [4.69, 9.17) is 9.72 Å². The normalized spacial score (nSPS) is 14.3. The van der Waals surface area contributed by atoms with E-state index in [1.165, 1.54) is 16.5 Å². The Bertz CT molecular complexity index is 1010. The summed E-state index contributed by atoms with van der Waals surface area (Å²) in [6.45, 7) is 6.34. The second kappa shape index (κ2) is 5.21. The first kappa shape index (κ1) is 15.0. The molecule has 0 aliphatic heterocycles. The van der Waals surface area contributed by atoms with Crippen molar-refractivity contribution in [3.63, 3.8) is 0 Å². The molecule has 24 heavy (non-hydrogen) atoms. The summed E-state index contributed by atoms with van der Waals surface area (Å²) in [5.74, 6) is 0.820. The SMILES string of the molecule is COC(C)(c1nc2ccccc2[nH]1)c1c(C)cc(C)c2[nH]ccc12. The van der Waals surface area contributed by atoms with Crippen molar-refractivity contribution in [2.75, 3.05) is 7.11 Å². The number of aromatic nitrogens is 3. The summed E-state index contributed by atoms with van der Waals surface area (Å²) >= 11 is 0. The van der Waals surface area contributed by atoms with Crippen molar-refractivity contribution in [1.82, 2.24) is 15.0 Å². The molecule has 0 radical (unpaired) electrons. The molecule has 1 unspecified atom stereocenters. The Morgan fingerprint density at radius 2 is 1.88 bits per heavy atom. The summed E-state index contributed by atoms with van der Waals surface area (Å²) in [4.78, 5) is 11.6. The molecule has 0 aliphatic carbocycles. The molecule has 2 aromatic carbocycles. The molecular formula is C20H21N3O. The fraction of sp³-hybridized carbons (Fsp3) is 0.250. The number of methoxy groups -OCH3 is 1. The van der Waals surface area contributed by atoms with Gasteiger partial charge in [-0.1, -0.05) is 18.2 Å². The summed E-state index contributed by atoms with van der Waals surface area (Å²) in [5.41, 5.74) is 6.04. The average Bonchev–Trinajstić information content (AvgIpc) is 3.21. The van der Waals surface area contributed by atoms with Crippen LogP contribution in [0.3, 0.4) is 0 Å². The van der Waals surface area contributed by atoms with Gasteiger partial charge < -0.3 is 14.7 Å². The minimum absolute atomic E-state index is 0.656. The number of nitrogens with zero attached hydrogens (tertiary/aromatic N) is 1. The van der Waals surface area contributed by atoms with E-state index in [1.54, 1.807) is 7.11 Å². The number of aromatic amines is 2. The molecule has 0 saturated carbocycles. The summed E-state index contributed by atoms with van der Waals surface area (Å²) in [6.07, 6.45) is 1.98. The van der Waals surface area contributed by atoms with E-state index in [1.807, 2.05) is 30.5 Å². The molecule has 0 aliphatic rings. The summed E-state index contributed by atoms with van der Waals surface area (Å²) in [5, 5.41) is 1.18. The van der Waals surface area contributed by atoms with Gasteiger partial charge in [-0.05, 0) is 50.1 Å². The van der Waals surface area contributed by atoms with Gasteiger partial charge in [0.2, 0.25) is 0 Å². The number of benzene rings is 2. The van der Waals surface area contributed by atoms with Gasteiger partial charge in [-0.2, -0.15) is 0 Å². The maximum atomic E-state index is 6.03. The van der Waals surface area contributed by atoms with Gasteiger partial charge in [-0.15, -0.1) is 0 Å². The van der Waals surface area contributed by atoms with Crippen LogP contribution in [0.4, 0.5) is 0 Å². The van der Waals surface area contributed by atoms with E-state index < -0.39 is 5.60 Å². The first-order valence-electron chi connectivity index (χ1n) is 8.12. The fourth-order valence-electron chi connectivity index (χ4n) is 3.71. The van der Waals surface area contributed by atoms with Gasteiger partial charge >= 0.3 is 0 Å². The molecule has 0 saturated heterocycles. The third-order valence-corrected chi connectivity index (χ3v) is 4.96. The zero-order valence-electron chi connectivity index (χ0n) is 14.4. The highest BCUT2D eigenvalue weighted by molar-refractivity contribution is 5.88. The van der Waals surface area contributed by atoms with Crippen LogP contribution in [-0.2, 0) is 10.3 Å². The van der Waals surface area contributed by atoms with Crippen LogP contribution in [0.25, 0.3) is 21.9 Å². The lowest BCUT2D eigenvalue weighted by Gasteiger charge is -2.29. The van der Waals surface area contributed by atoms with Gasteiger partial charge in [0.15, 0.2) is 0 Å². The van der Waals surface area contributed by atoms with E-state index in [-0.39, 0.29) is 0 Å². The number of nitrogens with one attached hydrogen (secondary N) is 2. The summed E-state index contributed by atoms with van der Waals surface area (Å²) in [6, 6.07) is 12.4. The highest BCUT2D eigenvalue weighted by Gasteiger charge is 2.35. The van der Waals surface area contributed by atoms with Crippen molar-refractivity contribution in [3.05, 3.63) is 65.1 Å². The zero-order chi connectivity index (χ0) is 16.9. The Hall–Kier alpha value is -2.59. The summed E-state index contributed by atoms with van der Waals surface area (Å²) in [7, 11) is 1.74. The molecule has 4 aromatic rings. The second-order valence-corrected chi connectivity index (χ2v) is 6.49. The third-order valence-electron chi connectivity index (χ3n) is 4.96.